The molecule has 1 fully saturated rings. The highest BCUT2D eigenvalue weighted by Crippen LogP contribution is 2.08. The number of aliphatic hydroxyl groups excluding tert-OH is 1. The molecule has 0 bridgehead atoms. The van der Waals surface area contributed by atoms with Crippen LogP contribution in [0.25, 0.3) is 0 Å². The first-order valence-electron chi connectivity index (χ1n) is 5.59. The number of amides is 2. The maximum Gasteiger partial charge on any atom is 0.258 e. The van der Waals surface area contributed by atoms with Gasteiger partial charge in [0.15, 0.2) is 6.61 Å². The van der Waals surface area contributed by atoms with Crippen molar-refractivity contribution in [2.75, 3.05) is 13.2 Å². The van der Waals surface area contributed by atoms with E-state index in [1.54, 1.807) is 24.3 Å². The van der Waals surface area contributed by atoms with Crippen molar-refractivity contribution in [1.82, 2.24) is 10.6 Å². The van der Waals surface area contributed by atoms with Gasteiger partial charge in [-0.2, -0.15) is 0 Å². The summed E-state index contributed by atoms with van der Waals surface area (Å²) < 4.78 is 5.24. The lowest BCUT2D eigenvalue weighted by Crippen LogP contribution is -2.70. The molecule has 6 heteroatoms. The fraction of sp³-hybridized carbons (Fsp3) is 0.333. The number of carbonyl (C=O) groups excluding carboxylic acids is 2. The molecule has 0 spiro atoms. The van der Waals surface area contributed by atoms with Crippen LogP contribution in [0, 0.1) is 0 Å². The Morgan fingerprint density at radius 3 is 2.72 bits per heavy atom. The Labute approximate surface area is 104 Å². The Kier molecular flexibility index (Phi) is 3.78. The molecule has 1 saturated heterocycles. The van der Waals surface area contributed by atoms with Gasteiger partial charge in [0.05, 0.1) is 12.6 Å². The maximum absolute atomic E-state index is 11.5. The fourth-order valence-corrected chi connectivity index (χ4v) is 1.64. The second-order valence-electron chi connectivity index (χ2n) is 3.94. The normalized spacial score (nSPS) is 21.7. The fourth-order valence-electron chi connectivity index (χ4n) is 1.64. The summed E-state index contributed by atoms with van der Waals surface area (Å²) >= 11 is 0. The van der Waals surface area contributed by atoms with E-state index in [0.717, 1.165) is 0 Å². The zero-order chi connectivity index (χ0) is 13.0. The van der Waals surface area contributed by atoms with E-state index in [1.165, 1.54) is 0 Å². The number of hydrogen-bond acceptors (Lipinski definition) is 4. The summed E-state index contributed by atoms with van der Waals surface area (Å²) in [7, 11) is 0. The van der Waals surface area contributed by atoms with Gasteiger partial charge < -0.3 is 20.5 Å². The quantitative estimate of drug-likeness (QED) is 0.587. The van der Waals surface area contributed by atoms with E-state index in [1.807, 2.05) is 6.07 Å². The summed E-state index contributed by atoms with van der Waals surface area (Å²) in [4.78, 5) is 22.7. The second-order valence-corrected chi connectivity index (χ2v) is 3.94. The third-order valence-corrected chi connectivity index (χ3v) is 2.64. The van der Waals surface area contributed by atoms with Crippen molar-refractivity contribution >= 4 is 11.8 Å². The molecule has 0 saturated carbocycles. The Morgan fingerprint density at radius 1 is 1.39 bits per heavy atom. The molecule has 2 rings (SSSR count). The van der Waals surface area contributed by atoms with Crippen molar-refractivity contribution in [1.29, 1.82) is 0 Å². The summed E-state index contributed by atoms with van der Waals surface area (Å²) in [5.41, 5.74) is 0. The van der Waals surface area contributed by atoms with Gasteiger partial charge in [0.1, 0.15) is 11.8 Å². The van der Waals surface area contributed by atoms with Gasteiger partial charge in [-0.05, 0) is 12.1 Å². The molecule has 0 aromatic heterocycles. The molecule has 2 atom stereocenters. The highest BCUT2D eigenvalue weighted by Gasteiger charge is 2.39. The summed E-state index contributed by atoms with van der Waals surface area (Å²) in [5.74, 6) is -0.0938. The number of ether oxygens (including phenoxy) is 1. The van der Waals surface area contributed by atoms with Crippen molar-refractivity contribution in [2.45, 2.75) is 12.1 Å². The topological polar surface area (TPSA) is 87.7 Å². The molecule has 1 aromatic carbocycles. The number of rotatable bonds is 5. The number of β-lactam (4-membered cyclic amide) rings is 1. The average molecular weight is 250 g/mol. The van der Waals surface area contributed by atoms with E-state index in [2.05, 4.69) is 10.6 Å². The van der Waals surface area contributed by atoms with E-state index in [-0.39, 0.29) is 19.1 Å². The molecule has 0 radical (unpaired) electrons. The molecule has 6 nitrogen and oxygen atoms in total. The van der Waals surface area contributed by atoms with Crippen LogP contribution < -0.4 is 15.4 Å². The van der Waals surface area contributed by atoms with Crippen LogP contribution in [0.4, 0.5) is 0 Å². The van der Waals surface area contributed by atoms with Gasteiger partial charge in [0.25, 0.3) is 5.91 Å². The Morgan fingerprint density at radius 2 is 2.11 bits per heavy atom. The van der Waals surface area contributed by atoms with Crippen molar-refractivity contribution < 1.29 is 19.4 Å². The zero-order valence-electron chi connectivity index (χ0n) is 9.63. The van der Waals surface area contributed by atoms with Crippen LogP contribution in [0.1, 0.15) is 0 Å². The molecule has 1 heterocycles. The van der Waals surface area contributed by atoms with E-state index in [9.17, 15) is 9.59 Å². The van der Waals surface area contributed by atoms with Gasteiger partial charge in [0.2, 0.25) is 5.91 Å². The molecule has 0 unspecified atom stereocenters. The van der Waals surface area contributed by atoms with Crippen LogP contribution in [0.3, 0.4) is 0 Å². The van der Waals surface area contributed by atoms with Gasteiger partial charge in [-0.15, -0.1) is 0 Å². The number of benzene rings is 1. The number of para-hydroxylation sites is 1. The first-order valence-corrected chi connectivity index (χ1v) is 5.59. The van der Waals surface area contributed by atoms with E-state index >= 15 is 0 Å². The minimum Gasteiger partial charge on any atom is -0.484 e. The minimum atomic E-state index is -0.665. The zero-order valence-corrected chi connectivity index (χ0v) is 9.63. The largest absolute Gasteiger partial charge is 0.484 e. The smallest absolute Gasteiger partial charge is 0.258 e. The molecule has 0 aliphatic carbocycles. The minimum absolute atomic E-state index is 0.161. The van der Waals surface area contributed by atoms with Gasteiger partial charge in [-0.1, -0.05) is 18.2 Å². The molecule has 1 aliphatic rings. The molecule has 96 valence electrons. The standard InChI is InChI=1S/C12H14N2O4/c15-6-9-11(12(17)13-9)14-10(16)7-18-8-4-2-1-3-5-8/h1-5,9,11,15H,6-7H2,(H,13,17)(H,14,16)/t9-,11+/m0/s1. The SMILES string of the molecule is O=C(COc1ccccc1)N[C@H]1C(=O)N[C@H]1CO. The van der Waals surface area contributed by atoms with Gasteiger partial charge in [-0.25, -0.2) is 0 Å². The van der Waals surface area contributed by atoms with Gasteiger partial charge in [-0.3, -0.25) is 9.59 Å². The second kappa shape index (κ2) is 5.50. The number of carbonyl (C=O) groups is 2. The molecular weight excluding hydrogens is 236 g/mol. The summed E-state index contributed by atoms with van der Waals surface area (Å²) in [6.07, 6.45) is 0. The predicted molar refractivity (Wildman–Crippen MR) is 62.9 cm³/mol. The highest BCUT2D eigenvalue weighted by atomic mass is 16.5. The van der Waals surface area contributed by atoms with Gasteiger partial charge in [0, 0.05) is 0 Å². The lowest BCUT2D eigenvalue weighted by atomic mass is 10.00. The molecule has 3 N–H and O–H groups in total. The monoisotopic (exact) mass is 250 g/mol. The molecule has 1 aromatic rings. The number of nitrogens with one attached hydrogen (secondary N) is 2. The summed E-state index contributed by atoms with van der Waals surface area (Å²) in [6.45, 7) is -0.359. The van der Waals surface area contributed by atoms with Crippen molar-refractivity contribution in [3.05, 3.63) is 30.3 Å². The molecular formula is C12H14N2O4. The van der Waals surface area contributed by atoms with Gasteiger partial charge >= 0.3 is 0 Å². The lowest BCUT2D eigenvalue weighted by molar-refractivity contribution is -0.137. The van der Waals surface area contributed by atoms with Crippen LogP contribution >= 0.6 is 0 Å². The van der Waals surface area contributed by atoms with Crippen LogP contribution in [-0.4, -0.2) is 42.2 Å². The molecule has 18 heavy (non-hydrogen) atoms. The van der Waals surface area contributed by atoms with Crippen molar-refractivity contribution in [2.24, 2.45) is 0 Å². The summed E-state index contributed by atoms with van der Waals surface area (Å²) in [5, 5.41) is 13.9. The Hall–Kier alpha value is -2.08. The Balaban J connectivity index is 1.77. The number of hydrogen-bond donors (Lipinski definition) is 3. The van der Waals surface area contributed by atoms with Crippen LogP contribution in [0.2, 0.25) is 0 Å². The Bertz CT molecular complexity index is 435. The molecule has 1 aliphatic heterocycles. The molecule has 2 amide bonds. The van der Waals surface area contributed by atoms with Crippen molar-refractivity contribution in [3.63, 3.8) is 0 Å². The first-order chi connectivity index (χ1) is 8.70. The first kappa shape index (κ1) is 12.4. The van der Waals surface area contributed by atoms with Crippen molar-refractivity contribution in [3.8, 4) is 5.75 Å². The van der Waals surface area contributed by atoms with Crippen LogP contribution in [0.15, 0.2) is 30.3 Å². The highest BCUT2D eigenvalue weighted by molar-refractivity contribution is 5.93. The maximum atomic E-state index is 11.5. The third kappa shape index (κ3) is 2.78. The van der Waals surface area contributed by atoms with E-state index in [4.69, 9.17) is 9.84 Å². The lowest BCUT2D eigenvalue weighted by Gasteiger charge is -2.35. The van der Waals surface area contributed by atoms with E-state index in [0.29, 0.717) is 5.75 Å². The number of aliphatic hydroxyl groups is 1. The third-order valence-electron chi connectivity index (χ3n) is 2.64. The summed E-state index contributed by atoms with van der Waals surface area (Å²) in [6, 6.07) is 7.85. The van der Waals surface area contributed by atoms with Crippen LogP contribution in [0.5, 0.6) is 5.75 Å². The average Bonchev–Trinajstić information content (AvgIpc) is 2.41. The van der Waals surface area contributed by atoms with Crippen LogP contribution in [-0.2, 0) is 9.59 Å². The van der Waals surface area contributed by atoms with E-state index < -0.39 is 18.0 Å². The predicted octanol–water partition coefficient (Wildman–Crippen LogP) is -0.959.